The molecule has 98 valence electrons. The molecule has 1 fully saturated rings. The summed E-state index contributed by atoms with van der Waals surface area (Å²) in [7, 11) is 2.66. The Bertz CT molecular complexity index is 261. The molecule has 0 unspecified atom stereocenters. The first-order chi connectivity index (χ1) is 8.01. The Morgan fingerprint density at radius 2 is 1.53 bits per heavy atom. The summed E-state index contributed by atoms with van der Waals surface area (Å²) in [6, 6.07) is 0. The molecule has 0 amide bonds. The second kappa shape index (κ2) is 6.00. The highest BCUT2D eigenvalue weighted by molar-refractivity contribution is 5.74. The van der Waals surface area contributed by atoms with Gasteiger partial charge in [0.25, 0.3) is 0 Å². The van der Waals surface area contributed by atoms with Gasteiger partial charge in [-0.25, -0.2) is 0 Å². The molecule has 0 saturated heterocycles. The third kappa shape index (κ3) is 3.19. The van der Waals surface area contributed by atoms with E-state index in [0.717, 1.165) is 0 Å². The molecular formula is C12H20O5. The van der Waals surface area contributed by atoms with Crippen LogP contribution in [0.3, 0.4) is 0 Å². The molecular weight excluding hydrogens is 224 g/mol. The van der Waals surface area contributed by atoms with Gasteiger partial charge in [-0.2, -0.15) is 0 Å². The molecule has 0 aliphatic heterocycles. The maximum absolute atomic E-state index is 11.6. The minimum absolute atomic E-state index is 0.00658. The summed E-state index contributed by atoms with van der Waals surface area (Å²) < 4.78 is 9.39. The van der Waals surface area contributed by atoms with E-state index in [2.05, 4.69) is 4.74 Å². The van der Waals surface area contributed by atoms with Gasteiger partial charge in [0, 0.05) is 0 Å². The van der Waals surface area contributed by atoms with Crippen LogP contribution < -0.4 is 0 Å². The number of esters is 2. The number of ether oxygens (including phenoxy) is 2. The lowest BCUT2D eigenvalue weighted by Crippen LogP contribution is -2.29. The largest absolute Gasteiger partial charge is 0.469 e. The molecule has 17 heavy (non-hydrogen) atoms. The molecule has 1 rings (SSSR count). The minimum Gasteiger partial charge on any atom is -0.469 e. The lowest BCUT2D eigenvalue weighted by atomic mass is 9.89. The number of carbonyl (C=O) groups excluding carboxylic acids is 2. The molecule has 0 aromatic carbocycles. The highest BCUT2D eigenvalue weighted by Crippen LogP contribution is 2.33. The van der Waals surface area contributed by atoms with E-state index in [1.807, 2.05) is 6.92 Å². The van der Waals surface area contributed by atoms with E-state index in [4.69, 9.17) is 4.74 Å². The fourth-order valence-corrected chi connectivity index (χ4v) is 2.47. The highest BCUT2D eigenvalue weighted by Gasteiger charge is 2.38. The summed E-state index contributed by atoms with van der Waals surface area (Å²) in [5, 5.41) is 9.94. The summed E-state index contributed by atoms with van der Waals surface area (Å²) in [5.74, 6) is -1.45. The van der Waals surface area contributed by atoms with E-state index in [-0.39, 0.29) is 17.8 Å². The molecule has 0 radical (unpaired) electrons. The lowest BCUT2D eigenvalue weighted by molar-refractivity contribution is -0.150. The van der Waals surface area contributed by atoms with Gasteiger partial charge in [-0.1, -0.05) is 6.92 Å². The van der Waals surface area contributed by atoms with Crippen molar-refractivity contribution in [3.8, 4) is 0 Å². The quantitative estimate of drug-likeness (QED) is 0.573. The van der Waals surface area contributed by atoms with Crippen LogP contribution in [0.1, 0.15) is 26.2 Å². The molecule has 1 saturated carbocycles. The molecule has 1 aliphatic carbocycles. The third-order valence-corrected chi connectivity index (χ3v) is 3.56. The minimum atomic E-state index is -0.743. The van der Waals surface area contributed by atoms with Gasteiger partial charge in [-0.3, -0.25) is 9.59 Å². The number of aliphatic hydroxyl groups is 1. The van der Waals surface area contributed by atoms with E-state index >= 15 is 0 Å². The van der Waals surface area contributed by atoms with Crippen LogP contribution in [-0.2, 0) is 19.1 Å². The normalized spacial score (nSPS) is 33.6. The summed E-state index contributed by atoms with van der Waals surface area (Å²) in [4.78, 5) is 23.0. The predicted octanol–water partition coefficient (Wildman–Crippen LogP) is 0.746. The van der Waals surface area contributed by atoms with Crippen LogP contribution in [0.2, 0.25) is 0 Å². The summed E-state index contributed by atoms with van der Waals surface area (Å²) in [5.41, 5.74) is 0. The smallest absolute Gasteiger partial charge is 0.311 e. The van der Waals surface area contributed by atoms with Gasteiger partial charge < -0.3 is 14.6 Å². The molecule has 5 heteroatoms. The lowest BCUT2D eigenvalue weighted by Gasteiger charge is -2.20. The van der Waals surface area contributed by atoms with Crippen molar-refractivity contribution in [1.29, 1.82) is 0 Å². The van der Waals surface area contributed by atoms with Crippen molar-refractivity contribution in [3.63, 3.8) is 0 Å². The van der Waals surface area contributed by atoms with Crippen molar-refractivity contribution >= 4 is 11.9 Å². The fourth-order valence-electron chi connectivity index (χ4n) is 2.47. The molecule has 1 aliphatic rings. The van der Waals surface area contributed by atoms with Crippen LogP contribution in [0.25, 0.3) is 0 Å². The second-order valence-electron chi connectivity index (χ2n) is 4.62. The van der Waals surface area contributed by atoms with E-state index in [1.165, 1.54) is 14.2 Å². The van der Waals surface area contributed by atoms with Gasteiger partial charge in [0.2, 0.25) is 0 Å². The zero-order valence-electron chi connectivity index (χ0n) is 10.5. The third-order valence-electron chi connectivity index (χ3n) is 3.56. The fraction of sp³-hybridized carbons (Fsp3) is 0.833. The average molecular weight is 244 g/mol. The second-order valence-corrected chi connectivity index (χ2v) is 4.62. The maximum atomic E-state index is 11.6. The van der Waals surface area contributed by atoms with Crippen LogP contribution in [0.15, 0.2) is 0 Å². The number of aliphatic hydroxyl groups excluding tert-OH is 1. The Hall–Kier alpha value is -1.10. The van der Waals surface area contributed by atoms with Crippen LogP contribution in [0.5, 0.6) is 0 Å². The molecule has 5 nitrogen and oxygen atoms in total. The van der Waals surface area contributed by atoms with Gasteiger partial charge in [-0.15, -0.1) is 0 Å². The average Bonchev–Trinajstić information content (AvgIpc) is 2.46. The standard InChI is InChI=1S/C12H20O5/c1-7-6-10(13)9(12(15)17-3)5-4-8(7)11(14)16-2/h7-10,13H,4-6H2,1-3H3/t7-,8-,9+,10+/m0/s1. The van der Waals surface area contributed by atoms with Gasteiger partial charge in [-0.05, 0) is 25.2 Å². The van der Waals surface area contributed by atoms with E-state index in [9.17, 15) is 14.7 Å². The van der Waals surface area contributed by atoms with Crippen LogP contribution in [-0.4, -0.2) is 37.4 Å². The molecule has 0 bridgehead atoms. The van der Waals surface area contributed by atoms with Gasteiger partial charge >= 0.3 is 11.9 Å². The summed E-state index contributed by atoms with van der Waals surface area (Å²) in [6.07, 6.45) is 0.675. The number of hydrogen-bond acceptors (Lipinski definition) is 5. The molecule has 0 aromatic rings. The number of methoxy groups -OCH3 is 2. The number of carbonyl (C=O) groups is 2. The highest BCUT2D eigenvalue weighted by atomic mass is 16.5. The first kappa shape index (κ1) is 14.0. The molecule has 0 aromatic heterocycles. The van der Waals surface area contributed by atoms with E-state index in [1.54, 1.807) is 0 Å². The van der Waals surface area contributed by atoms with E-state index < -0.39 is 18.0 Å². The molecule has 4 atom stereocenters. The summed E-state index contributed by atoms with van der Waals surface area (Å²) in [6.45, 7) is 1.89. The van der Waals surface area contributed by atoms with Crippen LogP contribution in [0.4, 0.5) is 0 Å². The molecule has 1 N–H and O–H groups in total. The van der Waals surface area contributed by atoms with Crippen molar-refractivity contribution in [2.75, 3.05) is 14.2 Å². The predicted molar refractivity (Wildman–Crippen MR) is 60.0 cm³/mol. The SMILES string of the molecule is COC(=O)[C@H]1CC[C@@H](C(=O)OC)[C@H](O)C[C@@H]1C. The van der Waals surface area contributed by atoms with Gasteiger partial charge in [0.1, 0.15) is 0 Å². The monoisotopic (exact) mass is 244 g/mol. The van der Waals surface area contributed by atoms with Crippen LogP contribution >= 0.6 is 0 Å². The Balaban J connectivity index is 2.76. The molecule has 0 heterocycles. The number of rotatable bonds is 2. The van der Waals surface area contributed by atoms with Crippen molar-refractivity contribution in [1.82, 2.24) is 0 Å². The summed E-state index contributed by atoms with van der Waals surface area (Å²) >= 11 is 0. The van der Waals surface area contributed by atoms with Crippen LogP contribution in [0, 0.1) is 17.8 Å². The topological polar surface area (TPSA) is 72.8 Å². The van der Waals surface area contributed by atoms with E-state index in [0.29, 0.717) is 19.3 Å². The Kier molecular flexibility index (Phi) is 4.93. The maximum Gasteiger partial charge on any atom is 0.311 e. The number of hydrogen-bond donors (Lipinski definition) is 1. The Labute approximate surface area is 101 Å². The van der Waals surface area contributed by atoms with Crippen molar-refractivity contribution in [2.24, 2.45) is 17.8 Å². The van der Waals surface area contributed by atoms with Gasteiger partial charge in [0.05, 0.1) is 32.2 Å². The first-order valence-corrected chi connectivity index (χ1v) is 5.85. The van der Waals surface area contributed by atoms with Crippen molar-refractivity contribution < 1.29 is 24.2 Å². The van der Waals surface area contributed by atoms with Gasteiger partial charge in [0.15, 0.2) is 0 Å². The Morgan fingerprint density at radius 1 is 1.06 bits per heavy atom. The molecule has 0 spiro atoms. The van der Waals surface area contributed by atoms with Crippen molar-refractivity contribution in [3.05, 3.63) is 0 Å². The zero-order chi connectivity index (χ0) is 13.0. The zero-order valence-corrected chi connectivity index (χ0v) is 10.5. The Morgan fingerprint density at radius 3 is 2.06 bits per heavy atom. The first-order valence-electron chi connectivity index (χ1n) is 5.85. The van der Waals surface area contributed by atoms with Crippen molar-refractivity contribution in [2.45, 2.75) is 32.3 Å².